The number of rotatable bonds is 8. The molecular formula is C13H19Cl2NO. The molecule has 0 atom stereocenters. The monoisotopic (exact) mass is 275 g/mol. The summed E-state index contributed by atoms with van der Waals surface area (Å²) in [5.74, 6) is 0. The van der Waals surface area contributed by atoms with Gasteiger partial charge in [-0.1, -0.05) is 42.6 Å². The maximum absolute atomic E-state index is 6.06. The molecule has 0 saturated carbocycles. The Bertz CT molecular complexity index is 311. The first-order chi connectivity index (χ1) is 8.25. The van der Waals surface area contributed by atoms with Crippen LogP contribution in [0.2, 0.25) is 10.0 Å². The summed E-state index contributed by atoms with van der Waals surface area (Å²) < 4.78 is 5.44. The number of unbranched alkanes of at least 4 members (excludes halogenated alkanes) is 1. The summed E-state index contributed by atoms with van der Waals surface area (Å²) in [5.41, 5.74) is 0.949. The molecule has 0 spiro atoms. The van der Waals surface area contributed by atoms with Crippen LogP contribution >= 0.6 is 23.2 Å². The molecule has 1 rings (SSSR count). The van der Waals surface area contributed by atoms with Gasteiger partial charge in [0, 0.05) is 35.3 Å². The van der Waals surface area contributed by atoms with Gasteiger partial charge in [0.25, 0.3) is 0 Å². The predicted octanol–water partition coefficient (Wildman–Crippen LogP) is 3.90. The third-order valence-electron chi connectivity index (χ3n) is 2.43. The van der Waals surface area contributed by atoms with Crippen LogP contribution in [0.3, 0.4) is 0 Å². The third-order valence-corrected chi connectivity index (χ3v) is 3.14. The van der Waals surface area contributed by atoms with E-state index in [1.807, 2.05) is 18.2 Å². The molecule has 0 aromatic heterocycles. The van der Waals surface area contributed by atoms with Crippen LogP contribution in [0.1, 0.15) is 25.3 Å². The third kappa shape index (κ3) is 5.73. The van der Waals surface area contributed by atoms with E-state index >= 15 is 0 Å². The molecule has 1 aromatic rings. The molecule has 17 heavy (non-hydrogen) atoms. The van der Waals surface area contributed by atoms with Gasteiger partial charge in [-0.2, -0.15) is 0 Å². The number of ether oxygens (including phenoxy) is 1. The normalized spacial score (nSPS) is 10.8. The molecule has 4 heteroatoms. The Labute approximate surface area is 113 Å². The van der Waals surface area contributed by atoms with E-state index in [0.29, 0.717) is 16.6 Å². The summed E-state index contributed by atoms with van der Waals surface area (Å²) in [5, 5.41) is 4.68. The fraction of sp³-hybridized carbons (Fsp3) is 0.538. The van der Waals surface area contributed by atoms with Crippen molar-refractivity contribution in [2.45, 2.75) is 26.3 Å². The SMILES string of the molecule is CCCCOCCNCc1c(Cl)cccc1Cl. The molecule has 1 aromatic carbocycles. The zero-order chi connectivity index (χ0) is 12.5. The van der Waals surface area contributed by atoms with Gasteiger partial charge in [-0.05, 0) is 18.6 Å². The second-order valence-corrected chi connectivity index (χ2v) is 4.66. The van der Waals surface area contributed by atoms with Gasteiger partial charge in [0.05, 0.1) is 6.61 Å². The van der Waals surface area contributed by atoms with Crippen LogP contribution in [0.15, 0.2) is 18.2 Å². The van der Waals surface area contributed by atoms with Crippen molar-refractivity contribution in [2.75, 3.05) is 19.8 Å². The zero-order valence-electron chi connectivity index (χ0n) is 10.1. The lowest BCUT2D eigenvalue weighted by Gasteiger charge is -2.08. The van der Waals surface area contributed by atoms with Gasteiger partial charge in [-0.15, -0.1) is 0 Å². The van der Waals surface area contributed by atoms with Gasteiger partial charge in [0.15, 0.2) is 0 Å². The average Bonchev–Trinajstić information content (AvgIpc) is 2.31. The highest BCUT2D eigenvalue weighted by atomic mass is 35.5. The first-order valence-electron chi connectivity index (χ1n) is 5.97. The van der Waals surface area contributed by atoms with Crippen LogP contribution in [-0.4, -0.2) is 19.8 Å². The van der Waals surface area contributed by atoms with Crippen LogP contribution in [0.4, 0.5) is 0 Å². The summed E-state index contributed by atoms with van der Waals surface area (Å²) >= 11 is 12.1. The minimum Gasteiger partial charge on any atom is -0.380 e. The lowest BCUT2D eigenvalue weighted by atomic mass is 10.2. The molecule has 0 aliphatic rings. The second kappa shape index (κ2) is 8.76. The Balaban J connectivity index is 2.18. The van der Waals surface area contributed by atoms with Crippen molar-refractivity contribution < 1.29 is 4.74 Å². The minimum absolute atomic E-state index is 0.676. The van der Waals surface area contributed by atoms with Gasteiger partial charge in [-0.25, -0.2) is 0 Å². The molecule has 0 heterocycles. The van der Waals surface area contributed by atoms with Gasteiger partial charge in [0.1, 0.15) is 0 Å². The molecule has 0 unspecified atom stereocenters. The topological polar surface area (TPSA) is 21.3 Å². The van der Waals surface area contributed by atoms with Gasteiger partial charge >= 0.3 is 0 Å². The summed E-state index contributed by atoms with van der Waals surface area (Å²) in [6.45, 7) is 5.20. The Hall–Kier alpha value is -0.280. The van der Waals surface area contributed by atoms with Crippen molar-refractivity contribution in [3.8, 4) is 0 Å². The van der Waals surface area contributed by atoms with Crippen molar-refractivity contribution in [3.05, 3.63) is 33.8 Å². The van der Waals surface area contributed by atoms with Crippen LogP contribution in [-0.2, 0) is 11.3 Å². The van der Waals surface area contributed by atoms with Crippen molar-refractivity contribution >= 4 is 23.2 Å². The fourth-order valence-electron chi connectivity index (χ4n) is 1.41. The Kier molecular flexibility index (Phi) is 7.62. The maximum atomic E-state index is 6.06. The first kappa shape index (κ1) is 14.8. The smallest absolute Gasteiger partial charge is 0.0591 e. The summed E-state index contributed by atoms with van der Waals surface area (Å²) in [4.78, 5) is 0. The fourth-order valence-corrected chi connectivity index (χ4v) is 1.94. The van der Waals surface area contributed by atoms with Crippen molar-refractivity contribution in [1.29, 1.82) is 0 Å². The largest absolute Gasteiger partial charge is 0.380 e. The molecule has 2 nitrogen and oxygen atoms in total. The van der Waals surface area contributed by atoms with Crippen LogP contribution in [0.25, 0.3) is 0 Å². The molecule has 0 bridgehead atoms. The van der Waals surface area contributed by atoms with Crippen LogP contribution in [0, 0.1) is 0 Å². The first-order valence-corrected chi connectivity index (χ1v) is 6.72. The number of halogens is 2. The summed E-state index contributed by atoms with van der Waals surface area (Å²) in [6, 6.07) is 5.55. The lowest BCUT2D eigenvalue weighted by Crippen LogP contribution is -2.19. The average molecular weight is 276 g/mol. The van der Waals surface area contributed by atoms with E-state index in [2.05, 4.69) is 12.2 Å². The molecular weight excluding hydrogens is 257 g/mol. The predicted molar refractivity (Wildman–Crippen MR) is 73.9 cm³/mol. The van der Waals surface area contributed by atoms with Gasteiger partial charge in [0.2, 0.25) is 0 Å². The lowest BCUT2D eigenvalue weighted by molar-refractivity contribution is 0.133. The number of nitrogens with one attached hydrogen (secondary N) is 1. The van der Waals surface area contributed by atoms with Gasteiger partial charge in [-0.3, -0.25) is 0 Å². The highest BCUT2D eigenvalue weighted by Crippen LogP contribution is 2.23. The zero-order valence-corrected chi connectivity index (χ0v) is 11.7. The van der Waals surface area contributed by atoms with Crippen LogP contribution in [0.5, 0.6) is 0 Å². The molecule has 0 aliphatic heterocycles. The summed E-state index contributed by atoms with van der Waals surface area (Å²) in [6.07, 6.45) is 2.29. The van der Waals surface area contributed by atoms with Gasteiger partial charge < -0.3 is 10.1 Å². The highest BCUT2D eigenvalue weighted by molar-refractivity contribution is 6.35. The van der Waals surface area contributed by atoms with E-state index in [0.717, 1.165) is 31.7 Å². The van der Waals surface area contributed by atoms with Crippen molar-refractivity contribution in [3.63, 3.8) is 0 Å². The molecule has 0 aliphatic carbocycles. The quantitative estimate of drug-likeness (QED) is 0.727. The van der Waals surface area contributed by atoms with E-state index in [9.17, 15) is 0 Å². The second-order valence-electron chi connectivity index (χ2n) is 3.84. The molecule has 0 fully saturated rings. The Morgan fingerprint density at radius 2 is 1.88 bits per heavy atom. The van der Waals surface area contributed by atoms with E-state index in [1.165, 1.54) is 6.42 Å². The molecule has 1 N–H and O–H groups in total. The maximum Gasteiger partial charge on any atom is 0.0591 e. The molecule has 0 amide bonds. The van der Waals surface area contributed by atoms with E-state index < -0.39 is 0 Å². The van der Waals surface area contributed by atoms with E-state index in [1.54, 1.807) is 0 Å². The van der Waals surface area contributed by atoms with Crippen molar-refractivity contribution in [1.82, 2.24) is 5.32 Å². The number of hydrogen-bond donors (Lipinski definition) is 1. The number of hydrogen-bond acceptors (Lipinski definition) is 2. The minimum atomic E-state index is 0.676. The number of benzene rings is 1. The Morgan fingerprint density at radius 3 is 2.53 bits per heavy atom. The standard InChI is InChI=1S/C13H19Cl2NO/c1-2-3-8-17-9-7-16-10-11-12(14)5-4-6-13(11)15/h4-6,16H,2-3,7-10H2,1H3. The molecule has 96 valence electrons. The summed E-state index contributed by atoms with van der Waals surface area (Å²) in [7, 11) is 0. The van der Waals surface area contributed by atoms with E-state index in [-0.39, 0.29) is 0 Å². The Morgan fingerprint density at radius 1 is 1.18 bits per heavy atom. The van der Waals surface area contributed by atoms with Crippen LogP contribution < -0.4 is 5.32 Å². The van der Waals surface area contributed by atoms with Crippen molar-refractivity contribution in [2.24, 2.45) is 0 Å². The van der Waals surface area contributed by atoms with E-state index in [4.69, 9.17) is 27.9 Å². The molecule has 0 saturated heterocycles. The molecule has 0 radical (unpaired) electrons. The highest BCUT2D eigenvalue weighted by Gasteiger charge is 2.03.